The zero-order valence-electron chi connectivity index (χ0n) is 8.05. The largest absolute Gasteiger partial charge is 0.351 e. The van der Waals surface area contributed by atoms with Crippen LogP contribution in [0.4, 0.5) is 0 Å². The highest BCUT2D eigenvalue weighted by Crippen LogP contribution is 2.06. The van der Waals surface area contributed by atoms with E-state index < -0.39 is 0 Å². The molecule has 0 spiro atoms. The molecule has 0 saturated carbocycles. The Kier molecular flexibility index (Phi) is 2.59. The molecule has 1 amide bonds. The van der Waals surface area contributed by atoms with Gasteiger partial charge in [0.1, 0.15) is 6.33 Å². The highest BCUT2D eigenvalue weighted by molar-refractivity contribution is 5.99. The lowest BCUT2D eigenvalue weighted by molar-refractivity contribution is 0.0956. The Labute approximate surface area is 86.1 Å². The van der Waals surface area contributed by atoms with Crippen molar-refractivity contribution in [2.45, 2.75) is 0 Å². The first kappa shape index (κ1) is 9.60. The van der Waals surface area contributed by atoms with Crippen LogP contribution in [0.2, 0.25) is 0 Å². The Balaban J connectivity index is 2.34. The van der Waals surface area contributed by atoms with E-state index in [0.29, 0.717) is 24.3 Å². The number of aromatic nitrogens is 3. The van der Waals surface area contributed by atoms with Gasteiger partial charge < -0.3 is 11.1 Å². The second-order valence-corrected chi connectivity index (χ2v) is 3.03. The summed E-state index contributed by atoms with van der Waals surface area (Å²) in [5.41, 5.74) is 6.35. The van der Waals surface area contributed by atoms with Crippen molar-refractivity contribution in [2.24, 2.45) is 5.73 Å². The summed E-state index contributed by atoms with van der Waals surface area (Å²) in [5, 5.41) is 10.3. The molecule has 2 rings (SSSR count). The summed E-state index contributed by atoms with van der Waals surface area (Å²) in [6.07, 6.45) is 3.34. The summed E-state index contributed by atoms with van der Waals surface area (Å²) >= 11 is 0. The Morgan fingerprint density at radius 3 is 3.27 bits per heavy atom. The smallest absolute Gasteiger partial charge is 0.255 e. The van der Waals surface area contributed by atoms with Crippen molar-refractivity contribution in [1.82, 2.24) is 19.9 Å². The second-order valence-electron chi connectivity index (χ2n) is 3.03. The zero-order valence-corrected chi connectivity index (χ0v) is 8.05. The van der Waals surface area contributed by atoms with Crippen molar-refractivity contribution in [1.29, 1.82) is 0 Å². The molecular formula is C9H11N5O. The summed E-state index contributed by atoms with van der Waals surface area (Å²) in [6.45, 7) is 0.871. The number of nitrogens with one attached hydrogen (secondary N) is 1. The fraction of sp³-hybridized carbons (Fsp3) is 0.222. The van der Waals surface area contributed by atoms with E-state index in [1.165, 1.54) is 0 Å². The van der Waals surface area contributed by atoms with Crippen molar-refractivity contribution in [3.8, 4) is 0 Å². The van der Waals surface area contributed by atoms with Crippen LogP contribution in [0.25, 0.3) is 5.65 Å². The van der Waals surface area contributed by atoms with Crippen LogP contribution in [0.3, 0.4) is 0 Å². The molecule has 0 bridgehead atoms. The Morgan fingerprint density at radius 2 is 2.47 bits per heavy atom. The standard InChI is InChI=1S/C9H11N5O/c10-3-4-11-9(15)7-2-1-5-14-6-12-13-8(7)14/h1-2,5-6H,3-4,10H2,(H,11,15). The third-order valence-corrected chi connectivity index (χ3v) is 2.00. The van der Waals surface area contributed by atoms with E-state index in [2.05, 4.69) is 15.5 Å². The van der Waals surface area contributed by atoms with Gasteiger partial charge in [0.15, 0.2) is 5.65 Å². The minimum Gasteiger partial charge on any atom is -0.351 e. The average Bonchev–Trinajstić information content (AvgIpc) is 2.73. The van der Waals surface area contributed by atoms with E-state index in [1.807, 2.05) is 0 Å². The number of rotatable bonds is 3. The molecule has 2 heterocycles. The average molecular weight is 205 g/mol. The van der Waals surface area contributed by atoms with Gasteiger partial charge in [-0.1, -0.05) is 0 Å². The fourth-order valence-corrected chi connectivity index (χ4v) is 1.31. The monoisotopic (exact) mass is 205 g/mol. The number of carbonyl (C=O) groups excluding carboxylic acids is 1. The van der Waals surface area contributed by atoms with E-state index in [9.17, 15) is 4.79 Å². The van der Waals surface area contributed by atoms with Crippen LogP contribution in [0.1, 0.15) is 10.4 Å². The Hall–Kier alpha value is -1.95. The van der Waals surface area contributed by atoms with Crippen molar-refractivity contribution in [3.63, 3.8) is 0 Å². The first-order chi connectivity index (χ1) is 7.33. The number of hydrogen-bond donors (Lipinski definition) is 2. The number of amides is 1. The molecule has 0 aliphatic carbocycles. The van der Waals surface area contributed by atoms with E-state index in [4.69, 9.17) is 5.73 Å². The molecule has 0 aliphatic rings. The van der Waals surface area contributed by atoms with Crippen LogP contribution in [-0.2, 0) is 0 Å². The van der Waals surface area contributed by atoms with Gasteiger partial charge in [0.05, 0.1) is 5.56 Å². The summed E-state index contributed by atoms with van der Waals surface area (Å²) in [5.74, 6) is -0.181. The second kappa shape index (κ2) is 4.05. The van der Waals surface area contributed by atoms with Crippen molar-refractivity contribution < 1.29 is 4.79 Å². The van der Waals surface area contributed by atoms with Gasteiger partial charge in [-0.3, -0.25) is 9.20 Å². The van der Waals surface area contributed by atoms with E-state index in [0.717, 1.165) is 0 Å². The van der Waals surface area contributed by atoms with Crippen LogP contribution in [0.5, 0.6) is 0 Å². The van der Waals surface area contributed by atoms with Crippen molar-refractivity contribution in [2.75, 3.05) is 13.1 Å². The molecule has 0 aromatic carbocycles. The molecule has 0 aliphatic heterocycles. The summed E-state index contributed by atoms with van der Waals surface area (Å²) < 4.78 is 1.69. The molecule has 0 unspecified atom stereocenters. The van der Waals surface area contributed by atoms with Crippen molar-refractivity contribution >= 4 is 11.6 Å². The van der Waals surface area contributed by atoms with E-state index in [-0.39, 0.29) is 5.91 Å². The molecular weight excluding hydrogens is 194 g/mol. The number of pyridine rings is 1. The van der Waals surface area contributed by atoms with Crippen LogP contribution < -0.4 is 11.1 Å². The van der Waals surface area contributed by atoms with Gasteiger partial charge in [0.25, 0.3) is 5.91 Å². The molecule has 0 fully saturated rings. The Morgan fingerprint density at radius 1 is 1.60 bits per heavy atom. The summed E-state index contributed by atoms with van der Waals surface area (Å²) in [4.78, 5) is 11.7. The first-order valence-corrected chi connectivity index (χ1v) is 4.59. The number of fused-ring (bicyclic) bond motifs is 1. The predicted octanol–water partition coefficient (Wildman–Crippen LogP) is -0.582. The number of hydrogen-bond acceptors (Lipinski definition) is 4. The normalized spacial score (nSPS) is 10.5. The van der Waals surface area contributed by atoms with Crippen LogP contribution in [0.15, 0.2) is 24.7 Å². The minimum atomic E-state index is -0.181. The third kappa shape index (κ3) is 1.79. The van der Waals surface area contributed by atoms with Crippen LogP contribution >= 0.6 is 0 Å². The molecule has 2 aromatic rings. The predicted molar refractivity (Wildman–Crippen MR) is 54.4 cm³/mol. The topological polar surface area (TPSA) is 85.3 Å². The molecule has 0 saturated heterocycles. The highest BCUT2D eigenvalue weighted by Gasteiger charge is 2.10. The number of nitrogens with two attached hydrogens (primary N) is 1. The molecule has 3 N–H and O–H groups in total. The van der Waals surface area contributed by atoms with E-state index >= 15 is 0 Å². The molecule has 0 atom stereocenters. The summed E-state index contributed by atoms with van der Waals surface area (Å²) in [6, 6.07) is 3.48. The minimum absolute atomic E-state index is 0.181. The maximum atomic E-state index is 11.7. The van der Waals surface area contributed by atoms with Gasteiger partial charge in [-0.05, 0) is 12.1 Å². The molecule has 78 valence electrons. The fourth-order valence-electron chi connectivity index (χ4n) is 1.31. The van der Waals surface area contributed by atoms with E-state index in [1.54, 1.807) is 29.1 Å². The van der Waals surface area contributed by atoms with Gasteiger partial charge in [0.2, 0.25) is 0 Å². The van der Waals surface area contributed by atoms with Gasteiger partial charge in [-0.2, -0.15) is 0 Å². The SMILES string of the molecule is NCCNC(=O)c1cccn2cnnc12. The van der Waals surface area contributed by atoms with Crippen LogP contribution in [0, 0.1) is 0 Å². The number of carbonyl (C=O) groups is 1. The zero-order chi connectivity index (χ0) is 10.7. The van der Waals surface area contributed by atoms with Gasteiger partial charge in [-0.25, -0.2) is 0 Å². The molecule has 6 heteroatoms. The lowest BCUT2D eigenvalue weighted by atomic mass is 10.2. The molecule has 15 heavy (non-hydrogen) atoms. The Bertz CT molecular complexity index is 478. The van der Waals surface area contributed by atoms with Crippen LogP contribution in [-0.4, -0.2) is 33.6 Å². The number of nitrogens with zero attached hydrogens (tertiary/aromatic N) is 3. The molecule has 2 aromatic heterocycles. The maximum absolute atomic E-state index is 11.7. The highest BCUT2D eigenvalue weighted by atomic mass is 16.1. The summed E-state index contributed by atoms with van der Waals surface area (Å²) in [7, 11) is 0. The molecule has 0 radical (unpaired) electrons. The molecule has 6 nitrogen and oxygen atoms in total. The third-order valence-electron chi connectivity index (χ3n) is 2.00. The van der Waals surface area contributed by atoms with Crippen molar-refractivity contribution in [3.05, 3.63) is 30.2 Å². The lowest BCUT2D eigenvalue weighted by Crippen LogP contribution is -2.29. The quantitative estimate of drug-likeness (QED) is 0.701. The maximum Gasteiger partial charge on any atom is 0.255 e. The van der Waals surface area contributed by atoms with Gasteiger partial charge in [0, 0.05) is 19.3 Å². The van der Waals surface area contributed by atoms with Gasteiger partial charge >= 0.3 is 0 Å². The van der Waals surface area contributed by atoms with Gasteiger partial charge in [-0.15, -0.1) is 10.2 Å². The lowest BCUT2D eigenvalue weighted by Gasteiger charge is -2.03. The first-order valence-electron chi connectivity index (χ1n) is 4.59.